The van der Waals surface area contributed by atoms with Crippen molar-refractivity contribution in [2.45, 2.75) is 31.3 Å². The predicted octanol–water partition coefficient (Wildman–Crippen LogP) is 1.47. The van der Waals surface area contributed by atoms with Gasteiger partial charge in [0.25, 0.3) is 5.91 Å². The van der Waals surface area contributed by atoms with Crippen molar-refractivity contribution in [3.8, 4) is 0 Å². The third kappa shape index (κ3) is 2.34. The number of pyridine rings is 2. The van der Waals surface area contributed by atoms with E-state index >= 15 is 0 Å². The lowest BCUT2D eigenvalue weighted by Crippen LogP contribution is -2.43. The van der Waals surface area contributed by atoms with Gasteiger partial charge in [-0.25, -0.2) is 9.97 Å². The van der Waals surface area contributed by atoms with Crippen molar-refractivity contribution in [2.24, 2.45) is 0 Å². The number of carbonyl (C=O) groups excluding carboxylic acids is 2. The second kappa shape index (κ2) is 5.30. The summed E-state index contributed by atoms with van der Waals surface area (Å²) in [5, 5.41) is 0.915. The van der Waals surface area contributed by atoms with Crippen LogP contribution < -0.4 is 0 Å². The normalized spacial score (nSPS) is 24.1. The summed E-state index contributed by atoms with van der Waals surface area (Å²) in [6, 6.07) is 7.48. The zero-order chi connectivity index (χ0) is 16.0. The van der Waals surface area contributed by atoms with Crippen molar-refractivity contribution >= 4 is 22.8 Å². The highest BCUT2D eigenvalue weighted by atomic mass is 16.2. The second-order valence-electron chi connectivity index (χ2n) is 6.32. The summed E-state index contributed by atoms with van der Waals surface area (Å²) in [4.78, 5) is 37.3. The maximum atomic E-state index is 13.0. The predicted molar refractivity (Wildman–Crippen MR) is 84.8 cm³/mol. The van der Waals surface area contributed by atoms with Gasteiger partial charge in [0, 0.05) is 37.6 Å². The van der Waals surface area contributed by atoms with E-state index in [0.717, 1.165) is 18.2 Å². The number of aromatic nitrogens is 2. The Morgan fingerprint density at radius 1 is 1.22 bits per heavy atom. The van der Waals surface area contributed by atoms with Crippen LogP contribution in [0.3, 0.4) is 0 Å². The molecule has 2 aromatic heterocycles. The Morgan fingerprint density at radius 2 is 2.04 bits per heavy atom. The molecule has 0 aliphatic carbocycles. The Balaban J connectivity index is 1.68. The molecule has 2 aromatic rings. The molecule has 2 saturated heterocycles. The SMILES string of the molecule is CN1C[C@@H]2CC[C@H](CC1=O)N2C(=O)c1ccc2cccnc2n1. The highest BCUT2D eigenvalue weighted by Gasteiger charge is 2.42. The Kier molecular flexibility index (Phi) is 3.25. The molecule has 2 atom stereocenters. The molecule has 6 nitrogen and oxygen atoms in total. The van der Waals surface area contributed by atoms with Gasteiger partial charge in [-0.15, -0.1) is 0 Å². The third-order valence-corrected chi connectivity index (χ3v) is 4.86. The fraction of sp³-hybridized carbons (Fsp3) is 0.412. The maximum absolute atomic E-state index is 13.0. The molecule has 0 aromatic carbocycles. The van der Waals surface area contributed by atoms with Crippen molar-refractivity contribution in [2.75, 3.05) is 13.6 Å². The molecule has 23 heavy (non-hydrogen) atoms. The van der Waals surface area contributed by atoms with Crippen LogP contribution in [0.4, 0.5) is 0 Å². The first-order valence-corrected chi connectivity index (χ1v) is 7.92. The lowest BCUT2D eigenvalue weighted by Gasteiger charge is -2.27. The molecule has 6 heteroatoms. The van der Waals surface area contributed by atoms with E-state index in [1.807, 2.05) is 30.1 Å². The van der Waals surface area contributed by atoms with E-state index in [-0.39, 0.29) is 23.9 Å². The minimum Gasteiger partial charge on any atom is -0.344 e. The van der Waals surface area contributed by atoms with Crippen LogP contribution in [0.15, 0.2) is 30.5 Å². The van der Waals surface area contributed by atoms with E-state index < -0.39 is 0 Å². The summed E-state index contributed by atoms with van der Waals surface area (Å²) in [6.07, 6.45) is 3.92. The first-order chi connectivity index (χ1) is 11.1. The van der Waals surface area contributed by atoms with E-state index in [0.29, 0.717) is 24.3 Å². The molecule has 2 aliphatic heterocycles. The molecule has 0 radical (unpaired) electrons. The fourth-order valence-electron chi connectivity index (χ4n) is 3.65. The molecule has 4 rings (SSSR count). The number of hydrogen-bond donors (Lipinski definition) is 0. The summed E-state index contributed by atoms with van der Waals surface area (Å²) < 4.78 is 0. The smallest absolute Gasteiger partial charge is 0.273 e. The quantitative estimate of drug-likeness (QED) is 0.800. The minimum atomic E-state index is -0.0897. The molecule has 0 saturated carbocycles. The third-order valence-electron chi connectivity index (χ3n) is 4.86. The van der Waals surface area contributed by atoms with Crippen LogP contribution in [-0.2, 0) is 4.79 Å². The molecule has 2 amide bonds. The average molecular weight is 310 g/mol. The summed E-state index contributed by atoms with van der Waals surface area (Å²) in [6.45, 7) is 0.604. The van der Waals surface area contributed by atoms with Crippen LogP contribution in [0, 0.1) is 0 Å². The van der Waals surface area contributed by atoms with Gasteiger partial charge in [0.1, 0.15) is 5.69 Å². The summed E-state index contributed by atoms with van der Waals surface area (Å²) in [7, 11) is 1.81. The molecule has 0 spiro atoms. The molecule has 2 aliphatic rings. The molecule has 2 fully saturated rings. The van der Waals surface area contributed by atoms with Gasteiger partial charge >= 0.3 is 0 Å². The van der Waals surface area contributed by atoms with Crippen LogP contribution in [0.1, 0.15) is 29.8 Å². The van der Waals surface area contributed by atoms with Gasteiger partial charge in [-0.2, -0.15) is 0 Å². The molecule has 2 bridgehead atoms. The number of likely N-dealkylation sites (tertiary alicyclic amines) is 1. The monoisotopic (exact) mass is 310 g/mol. The van der Waals surface area contributed by atoms with Crippen molar-refractivity contribution in [3.05, 3.63) is 36.2 Å². The second-order valence-corrected chi connectivity index (χ2v) is 6.32. The Hall–Kier alpha value is -2.50. The average Bonchev–Trinajstić information content (AvgIpc) is 2.90. The van der Waals surface area contributed by atoms with E-state index in [1.54, 1.807) is 17.2 Å². The van der Waals surface area contributed by atoms with Gasteiger partial charge in [-0.05, 0) is 37.1 Å². The zero-order valence-corrected chi connectivity index (χ0v) is 13.0. The van der Waals surface area contributed by atoms with Crippen LogP contribution in [0.5, 0.6) is 0 Å². The number of amides is 2. The number of hydrogen-bond acceptors (Lipinski definition) is 4. The van der Waals surface area contributed by atoms with Crippen molar-refractivity contribution in [1.29, 1.82) is 0 Å². The summed E-state index contributed by atoms with van der Waals surface area (Å²) in [5.74, 6) is 0.0243. The van der Waals surface area contributed by atoms with Gasteiger partial charge < -0.3 is 9.80 Å². The Labute approximate surface area is 134 Å². The standard InChI is InChI=1S/C17H18N4O2/c1-20-10-13-6-5-12(9-15(20)22)21(13)17(23)14-7-4-11-3-2-8-18-16(11)19-14/h2-4,7-8,12-13H,5-6,9-10H2,1H3/t12-,13+/m1/s1. The number of nitrogens with zero attached hydrogens (tertiary/aromatic N) is 4. The number of rotatable bonds is 1. The summed E-state index contributed by atoms with van der Waals surface area (Å²) in [5.41, 5.74) is 0.985. The van der Waals surface area contributed by atoms with Gasteiger partial charge in [0.15, 0.2) is 5.65 Å². The first kappa shape index (κ1) is 14.1. The van der Waals surface area contributed by atoms with Crippen molar-refractivity contribution in [3.63, 3.8) is 0 Å². The number of fused-ring (bicyclic) bond motifs is 3. The topological polar surface area (TPSA) is 66.4 Å². The van der Waals surface area contributed by atoms with Crippen molar-refractivity contribution in [1.82, 2.24) is 19.8 Å². The molecule has 118 valence electrons. The van der Waals surface area contributed by atoms with Crippen LogP contribution in [-0.4, -0.2) is 57.3 Å². The first-order valence-electron chi connectivity index (χ1n) is 7.92. The van der Waals surface area contributed by atoms with E-state index in [4.69, 9.17) is 0 Å². The van der Waals surface area contributed by atoms with Gasteiger partial charge in [-0.1, -0.05) is 0 Å². The van der Waals surface area contributed by atoms with Crippen LogP contribution in [0.2, 0.25) is 0 Å². The van der Waals surface area contributed by atoms with Crippen molar-refractivity contribution < 1.29 is 9.59 Å². The maximum Gasteiger partial charge on any atom is 0.273 e. The highest BCUT2D eigenvalue weighted by molar-refractivity contribution is 5.95. The highest BCUT2D eigenvalue weighted by Crippen LogP contribution is 2.31. The number of likely N-dealkylation sites (N-methyl/N-ethyl adjacent to an activating group) is 1. The molecular formula is C17H18N4O2. The lowest BCUT2D eigenvalue weighted by molar-refractivity contribution is -0.130. The van der Waals surface area contributed by atoms with E-state index in [2.05, 4.69) is 9.97 Å². The van der Waals surface area contributed by atoms with Gasteiger partial charge in [0.05, 0.1) is 6.04 Å². The largest absolute Gasteiger partial charge is 0.344 e. The Bertz CT molecular complexity index is 791. The zero-order valence-electron chi connectivity index (χ0n) is 13.0. The number of carbonyl (C=O) groups is 2. The molecular weight excluding hydrogens is 292 g/mol. The van der Waals surface area contributed by atoms with E-state index in [1.165, 1.54) is 0 Å². The molecule has 0 unspecified atom stereocenters. The van der Waals surface area contributed by atoms with Gasteiger partial charge in [0.2, 0.25) is 5.91 Å². The summed E-state index contributed by atoms with van der Waals surface area (Å²) >= 11 is 0. The Morgan fingerprint density at radius 3 is 2.91 bits per heavy atom. The minimum absolute atomic E-state index is 0.00817. The lowest BCUT2D eigenvalue weighted by atomic mass is 10.1. The van der Waals surface area contributed by atoms with Crippen LogP contribution >= 0.6 is 0 Å². The fourth-order valence-corrected chi connectivity index (χ4v) is 3.65. The van der Waals surface area contributed by atoms with E-state index in [9.17, 15) is 9.59 Å². The molecule has 4 heterocycles. The molecule has 0 N–H and O–H groups in total. The van der Waals surface area contributed by atoms with Crippen LogP contribution in [0.25, 0.3) is 11.0 Å². The van der Waals surface area contributed by atoms with Gasteiger partial charge in [-0.3, -0.25) is 9.59 Å².